The van der Waals surface area contributed by atoms with Gasteiger partial charge in [0.2, 0.25) is 5.91 Å². The molecule has 1 aliphatic rings. The molecule has 1 fully saturated rings. The lowest BCUT2D eigenvalue weighted by atomic mass is 9.82. The van der Waals surface area contributed by atoms with Crippen LogP contribution < -0.4 is 11.1 Å². The van der Waals surface area contributed by atoms with E-state index in [2.05, 4.69) is 17.2 Å². The molecule has 2 amide bonds. The first-order chi connectivity index (χ1) is 12.0. The Bertz CT molecular complexity index is 592. The van der Waals surface area contributed by atoms with E-state index in [-0.39, 0.29) is 29.9 Å². The van der Waals surface area contributed by atoms with Gasteiger partial charge in [0.15, 0.2) is 5.13 Å². The minimum Gasteiger partial charge on any atom is -0.376 e. The van der Waals surface area contributed by atoms with Gasteiger partial charge in [-0.1, -0.05) is 18.3 Å². The van der Waals surface area contributed by atoms with Gasteiger partial charge in [-0.25, -0.2) is 4.98 Å². The van der Waals surface area contributed by atoms with Gasteiger partial charge in [-0.15, -0.1) is 0 Å². The van der Waals surface area contributed by atoms with E-state index in [0.717, 1.165) is 30.6 Å². The molecule has 1 heterocycles. The number of carbonyl (C=O) groups is 2. The molecule has 8 heteroatoms. The lowest BCUT2D eigenvalue weighted by molar-refractivity contribution is -0.136. The summed E-state index contributed by atoms with van der Waals surface area (Å²) < 4.78 is 5.93. The smallest absolute Gasteiger partial charge is 0.263 e. The highest BCUT2D eigenvalue weighted by Gasteiger charge is 2.36. The van der Waals surface area contributed by atoms with E-state index in [1.165, 1.54) is 6.20 Å². The van der Waals surface area contributed by atoms with Gasteiger partial charge < -0.3 is 20.7 Å². The topological polar surface area (TPSA) is 97.5 Å². The number of nitrogens with one attached hydrogen (secondary N) is 1. The summed E-state index contributed by atoms with van der Waals surface area (Å²) in [7, 11) is 1.82. The number of nitrogens with two attached hydrogens (primary N) is 1. The van der Waals surface area contributed by atoms with Crippen LogP contribution in [0.4, 0.5) is 5.13 Å². The molecule has 0 unspecified atom stereocenters. The average Bonchev–Trinajstić information content (AvgIpc) is 3.05. The predicted octanol–water partition coefficient (Wildman–Crippen LogP) is 1.90. The van der Waals surface area contributed by atoms with Gasteiger partial charge in [-0.05, 0) is 32.6 Å². The number of aromatic nitrogens is 1. The van der Waals surface area contributed by atoms with E-state index in [0.29, 0.717) is 29.6 Å². The fourth-order valence-electron chi connectivity index (χ4n) is 3.09. The zero-order chi connectivity index (χ0) is 18.4. The van der Waals surface area contributed by atoms with Crippen molar-refractivity contribution < 1.29 is 14.3 Å². The summed E-state index contributed by atoms with van der Waals surface area (Å²) in [6, 6.07) is -0.185. The molecule has 1 saturated carbocycles. The maximum Gasteiger partial charge on any atom is 0.263 e. The lowest BCUT2D eigenvalue weighted by Crippen LogP contribution is -2.50. The van der Waals surface area contributed by atoms with E-state index in [9.17, 15) is 9.59 Å². The second-order valence-electron chi connectivity index (χ2n) is 6.41. The first-order valence-electron chi connectivity index (χ1n) is 8.84. The molecule has 3 atom stereocenters. The van der Waals surface area contributed by atoms with Crippen LogP contribution >= 0.6 is 11.3 Å². The maximum atomic E-state index is 12.5. The summed E-state index contributed by atoms with van der Waals surface area (Å²) in [6.45, 7) is 5.35. The number of hydrogen-bond acceptors (Lipinski definition) is 6. The number of carbonyl (C=O) groups excluding carboxylic acids is 2. The van der Waals surface area contributed by atoms with Crippen molar-refractivity contribution in [3.63, 3.8) is 0 Å². The highest BCUT2D eigenvalue weighted by Crippen LogP contribution is 2.29. The molecule has 2 rings (SSSR count). The van der Waals surface area contributed by atoms with E-state index >= 15 is 0 Å². The number of rotatable bonds is 7. The molecule has 7 nitrogen and oxygen atoms in total. The summed E-state index contributed by atoms with van der Waals surface area (Å²) in [5.74, 6) is -0.151. The molecule has 1 aromatic rings. The number of anilines is 1. The van der Waals surface area contributed by atoms with Crippen LogP contribution in [-0.4, -0.2) is 54.0 Å². The van der Waals surface area contributed by atoms with Crippen molar-refractivity contribution in [1.29, 1.82) is 0 Å². The SMILES string of the molecule is CCCO[C@@H]1CC[C@H](C(=O)N(C)CC)C[C@H]1NC(=O)c1cnc(N)s1. The van der Waals surface area contributed by atoms with Crippen LogP contribution in [0.5, 0.6) is 0 Å². The highest BCUT2D eigenvalue weighted by molar-refractivity contribution is 7.17. The van der Waals surface area contributed by atoms with Gasteiger partial charge in [0.1, 0.15) is 4.88 Å². The number of ether oxygens (including phenoxy) is 1. The summed E-state index contributed by atoms with van der Waals surface area (Å²) in [6.07, 6.45) is 4.49. The van der Waals surface area contributed by atoms with Crippen LogP contribution in [0.1, 0.15) is 49.2 Å². The van der Waals surface area contributed by atoms with Crippen LogP contribution in [0.25, 0.3) is 0 Å². The average molecular weight is 369 g/mol. The second-order valence-corrected chi connectivity index (χ2v) is 7.48. The molecular formula is C17H28N4O3S. The number of hydrogen-bond donors (Lipinski definition) is 2. The van der Waals surface area contributed by atoms with Crippen LogP contribution in [0, 0.1) is 5.92 Å². The normalized spacial score (nSPS) is 23.2. The Morgan fingerprint density at radius 1 is 1.44 bits per heavy atom. The van der Waals surface area contributed by atoms with Gasteiger partial charge in [-0.2, -0.15) is 0 Å². The third-order valence-electron chi connectivity index (χ3n) is 4.59. The van der Waals surface area contributed by atoms with Crippen LogP contribution in [0.15, 0.2) is 6.20 Å². The monoisotopic (exact) mass is 368 g/mol. The van der Waals surface area contributed by atoms with Crippen LogP contribution in [0.3, 0.4) is 0 Å². The van der Waals surface area contributed by atoms with Crippen molar-refractivity contribution in [1.82, 2.24) is 15.2 Å². The Hall–Kier alpha value is -1.67. The fourth-order valence-corrected chi connectivity index (χ4v) is 3.68. The molecule has 3 N–H and O–H groups in total. The summed E-state index contributed by atoms with van der Waals surface area (Å²) in [5, 5.41) is 3.40. The Labute approximate surface area is 152 Å². The first kappa shape index (κ1) is 19.7. The third-order valence-corrected chi connectivity index (χ3v) is 5.41. The predicted molar refractivity (Wildman–Crippen MR) is 98.5 cm³/mol. The zero-order valence-electron chi connectivity index (χ0n) is 15.2. The molecule has 1 aliphatic carbocycles. The Morgan fingerprint density at radius 2 is 2.20 bits per heavy atom. The Kier molecular flexibility index (Phi) is 7.19. The van der Waals surface area contributed by atoms with Gasteiger partial charge in [0, 0.05) is 26.1 Å². The standard InChI is InChI=1S/C17H28N4O3S/c1-4-8-24-13-7-6-11(16(23)21(3)5-2)9-12(13)20-15(22)14-10-19-17(18)25-14/h10-13H,4-9H2,1-3H3,(H2,18,19)(H,20,22)/t11-,12+,13+/m0/s1. The summed E-state index contributed by atoms with van der Waals surface area (Å²) in [5.41, 5.74) is 5.61. The largest absolute Gasteiger partial charge is 0.376 e. The maximum absolute atomic E-state index is 12.5. The van der Waals surface area contributed by atoms with E-state index in [1.807, 2.05) is 14.0 Å². The molecule has 0 aromatic carbocycles. The minimum atomic E-state index is -0.207. The molecule has 1 aromatic heterocycles. The second kappa shape index (κ2) is 9.15. The minimum absolute atomic E-state index is 0.0647. The van der Waals surface area contributed by atoms with E-state index < -0.39 is 0 Å². The highest BCUT2D eigenvalue weighted by atomic mass is 32.1. The van der Waals surface area contributed by atoms with Gasteiger partial charge >= 0.3 is 0 Å². The number of amides is 2. The number of nitrogens with zero attached hydrogens (tertiary/aromatic N) is 2. The number of thiazole rings is 1. The van der Waals surface area contributed by atoms with Crippen LogP contribution in [0.2, 0.25) is 0 Å². The van der Waals surface area contributed by atoms with E-state index in [1.54, 1.807) is 4.90 Å². The Balaban J connectivity index is 2.06. The van der Waals surface area contributed by atoms with Crippen molar-refractivity contribution in [3.05, 3.63) is 11.1 Å². The van der Waals surface area contributed by atoms with Gasteiger partial charge in [-0.3, -0.25) is 9.59 Å². The summed E-state index contributed by atoms with van der Waals surface area (Å²) in [4.78, 5) is 31.1. The van der Waals surface area contributed by atoms with Crippen molar-refractivity contribution in [2.75, 3.05) is 25.9 Å². The molecule has 25 heavy (non-hydrogen) atoms. The first-order valence-corrected chi connectivity index (χ1v) is 9.66. The van der Waals surface area contributed by atoms with Crippen molar-refractivity contribution in [2.45, 2.75) is 51.7 Å². The quantitative estimate of drug-likeness (QED) is 0.766. The molecule has 0 radical (unpaired) electrons. The molecule has 0 aliphatic heterocycles. The van der Waals surface area contributed by atoms with Gasteiger partial charge in [0.05, 0.1) is 18.3 Å². The summed E-state index contributed by atoms with van der Waals surface area (Å²) >= 11 is 1.16. The van der Waals surface area contributed by atoms with Gasteiger partial charge in [0.25, 0.3) is 5.91 Å². The molecule has 0 saturated heterocycles. The Morgan fingerprint density at radius 3 is 2.80 bits per heavy atom. The molecule has 140 valence electrons. The third kappa shape index (κ3) is 5.15. The fraction of sp³-hybridized carbons (Fsp3) is 0.706. The molecule has 0 spiro atoms. The van der Waals surface area contributed by atoms with Crippen LogP contribution in [-0.2, 0) is 9.53 Å². The molecule has 0 bridgehead atoms. The molecular weight excluding hydrogens is 340 g/mol. The van der Waals surface area contributed by atoms with E-state index in [4.69, 9.17) is 10.5 Å². The lowest BCUT2D eigenvalue weighted by Gasteiger charge is -2.37. The van der Waals surface area contributed by atoms with Crippen molar-refractivity contribution >= 4 is 28.3 Å². The van der Waals surface area contributed by atoms with Crippen molar-refractivity contribution in [3.8, 4) is 0 Å². The number of nitrogen functional groups attached to an aromatic ring is 1. The van der Waals surface area contributed by atoms with Crippen molar-refractivity contribution in [2.24, 2.45) is 5.92 Å². The zero-order valence-corrected chi connectivity index (χ0v) is 16.0.